The van der Waals surface area contributed by atoms with Crippen LogP contribution in [0.1, 0.15) is 21.6 Å². The van der Waals surface area contributed by atoms with Gasteiger partial charge >= 0.3 is 0 Å². The minimum atomic E-state index is -3.72. The van der Waals surface area contributed by atoms with Gasteiger partial charge in [-0.3, -0.25) is 9.78 Å². The van der Waals surface area contributed by atoms with E-state index in [1.807, 2.05) is 60.7 Å². The summed E-state index contributed by atoms with van der Waals surface area (Å²) in [6.45, 7) is 0.398. The van der Waals surface area contributed by atoms with Gasteiger partial charge in [0, 0.05) is 31.4 Å². The van der Waals surface area contributed by atoms with Crippen molar-refractivity contribution in [1.29, 1.82) is 0 Å². The number of benzene rings is 3. The Balaban J connectivity index is 1.60. The minimum absolute atomic E-state index is 0.0130. The highest BCUT2D eigenvalue weighted by Crippen LogP contribution is 2.27. The average Bonchev–Trinajstić information content (AvgIpc) is 2.89. The van der Waals surface area contributed by atoms with Gasteiger partial charge in [0.15, 0.2) is 0 Å². The highest BCUT2D eigenvalue weighted by Gasteiger charge is 2.20. The second-order valence-electron chi connectivity index (χ2n) is 7.67. The van der Waals surface area contributed by atoms with Gasteiger partial charge in [0.1, 0.15) is 0 Å². The number of nitrogens with one attached hydrogen (secondary N) is 2. The highest BCUT2D eigenvalue weighted by atomic mass is 32.2. The summed E-state index contributed by atoms with van der Waals surface area (Å²) in [5.74, 6) is -0.260. The quantitative estimate of drug-likeness (QED) is 0.383. The van der Waals surface area contributed by atoms with Crippen molar-refractivity contribution in [1.82, 2.24) is 15.0 Å². The molecule has 1 amide bonds. The molecule has 0 aliphatic heterocycles. The molecular formula is C27H25N3O3S. The monoisotopic (exact) mass is 471 g/mol. The minimum Gasteiger partial charge on any atom is -0.352 e. The van der Waals surface area contributed by atoms with Crippen molar-refractivity contribution in [2.45, 2.75) is 17.9 Å². The molecule has 0 radical (unpaired) electrons. The molecule has 0 spiro atoms. The predicted octanol–water partition coefficient (Wildman–Crippen LogP) is 4.20. The zero-order chi connectivity index (χ0) is 23.8. The molecule has 0 saturated heterocycles. The normalized spacial score (nSPS) is 11.2. The van der Waals surface area contributed by atoms with Crippen LogP contribution < -0.4 is 10.0 Å². The second-order valence-corrected chi connectivity index (χ2v) is 9.44. The van der Waals surface area contributed by atoms with E-state index in [2.05, 4.69) is 15.0 Å². The van der Waals surface area contributed by atoms with E-state index in [0.717, 1.165) is 16.8 Å². The smallest absolute Gasteiger partial charge is 0.252 e. The summed E-state index contributed by atoms with van der Waals surface area (Å²) >= 11 is 0. The van der Waals surface area contributed by atoms with Crippen molar-refractivity contribution >= 4 is 15.9 Å². The molecule has 4 aromatic rings. The third-order valence-electron chi connectivity index (χ3n) is 5.36. The summed E-state index contributed by atoms with van der Waals surface area (Å²) in [5, 5.41) is 2.97. The molecule has 1 heterocycles. The maximum absolute atomic E-state index is 13.3. The molecule has 0 aliphatic carbocycles. The molecule has 172 valence electrons. The van der Waals surface area contributed by atoms with Crippen LogP contribution in [0.25, 0.3) is 11.1 Å². The van der Waals surface area contributed by atoms with Crippen molar-refractivity contribution < 1.29 is 13.2 Å². The Morgan fingerprint density at radius 3 is 2.21 bits per heavy atom. The lowest BCUT2D eigenvalue weighted by molar-refractivity contribution is 0.0953. The molecule has 34 heavy (non-hydrogen) atoms. The van der Waals surface area contributed by atoms with Crippen LogP contribution in [0.15, 0.2) is 108 Å². The number of carbonyl (C=O) groups excluding carboxylic acids is 1. The molecule has 2 N–H and O–H groups in total. The zero-order valence-electron chi connectivity index (χ0n) is 18.5. The summed E-state index contributed by atoms with van der Waals surface area (Å²) in [6, 6.07) is 28.9. The van der Waals surface area contributed by atoms with Crippen LogP contribution in [0, 0.1) is 0 Å². The number of sulfonamides is 1. The van der Waals surface area contributed by atoms with Gasteiger partial charge < -0.3 is 5.32 Å². The maximum Gasteiger partial charge on any atom is 0.252 e. The summed E-state index contributed by atoms with van der Waals surface area (Å²) < 4.78 is 28.1. The van der Waals surface area contributed by atoms with E-state index >= 15 is 0 Å². The van der Waals surface area contributed by atoms with Gasteiger partial charge in [0.05, 0.1) is 10.5 Å². The first-order valence-electron chi connectivity index (χ1n) is 10.9. The second kappa shape index (κ2) is 10.9. The van der Waals surface area contributed by atoms with Gasteiger partial charge in [-0.2, -0.15) is 0 Å². The zero-order valence-corrected chi connectivity index (χ0v) is 19.3. The van der Waals surface area contributed by atoms with Crippen LogP contribution in [0.4, 0.5) is 0 Å². The summed E-state index contributed by atoms with van der Waals surface area (Å²) in [4.78, 5) is 17.8. The van der Waals surface area contributed by atoms with Crippen molar-refractivity contribution in [3.05, 3.63) is 120 Å². The predicted molar refractivity (Wildman–Crippen MR) is 133 cm³/mol. The molecule has 6 nitrogen and oxygen atoms in total. The van der Waals surface area contributed by atoms with Crippen LogP contribution in [-0.4, -0.2) is 25.9 Å². The molecule has 0 atom stereocenters. The fourth-order valence-corrected chi connectivity index (χ4v) is 4.70. The fourth-order valence-electron chi connectivity index (χ4n) is 3.67. The number of carbonyl (C=O) groups is 1. The lowest BCUT2D eigenvalue weighted by Gasteiger charge is -2.16. The molecule has 0 bridgehead atoms. The summed E-state index contributed by atoms with van der Waals surface area (Å²) in [5.41, 5.74) is 3.55. The summed E-state index contributed by atoms with van der Waals surface area (Å²) in [7, 11) is -3.72. The van der Waals surface area contributed by atoms with Gasteiger partial charge in [-0.05, 0) is 41.0 Å². The van der Waals surface area contributed by atoms with E-state index in [4.69, 9.17) is 0 Å². The molecular weight excluding hydrogens is 446 g/mol. The molecule has 1 aromatic heterocycles. The van der Waals surface area contributed by atoms with Crippen LogP contribution >= 0.6 is 0 Å². The Kier molecular flexibility index (Phi) is 7.47. The van der Waals surface area contributed by atoms with E-state index in [9.17, 15) is 13.2 Å². The Morgan fingerprint density at radius 2 is 1.50 bits per heavy atom. The standard InChI is InChI=1S/C27H25N3O3S/c31-27(29-19-17-23-13-7-8-18-28-23)26-22(12-9-16-25(26)21-10-3-1-4-11-21)20-30-34(32,33)24-14-5-2-6-15-24/h1-16,18,30H,17,19-20H2,(H,29,31). The Bertz CT molecular complexity index is 1340. The van der Waals surface area contributed by atoms with Gasteiger partial charge in [0.2, 0.25) is 10.0 Å². The number of aromatic nitrogens is 1. The Hall–Kier alpha value is -3.81. The fraction of sp³-hybridized carbons (Fsp3) is 0.111. The first-order chi connectivity index (χ1) is 16.5. The molecule has 7 heteroatoms. The molecule has 0 unspecified atom stereocenters. The Labute approximate surface area is 199 Å². The van der Waals surface area contributed by atoms with Gasteiger partial charge in [-0.25, -0.2) is 13.1 Å². The topological polar surface area (TPSA) is 88.2 Å². The van der Waals surface area contributed by atoms with Gasteiger partial charge in [-0.15, -0.1) is 0 Å². The van der Waals surface area contributed by atoms with E-state index in [1.54, 1.807) is 30.5 Å². The largest absolute Gasteiger partial charge is 0.352 e. The highest BCUT2D eigenvalue weighted by molar-refractivity contribution is 7.89. The van der Waals surface area contributed by atoms with Crippen molar-refractivity contribution in [3.8, 4) is 11.1 Å². The third kappa shape index (κ3) is 5.75. The van der Waals surface area contributed by atoms with Gasteiger partial charge in [-0.1, -0.05) is 72.8 Å². The molecule has 0 saturated carbocycles. The number of pyridine rings is 1. The van der Waals surface area contributed by atoms with Crippen molar-refractivity contribution in [3.63, 3.8) is 0 Å². The van der Waals surface area contributed by atoms with Gasteiger partial charge in [0.25, 0.3) is 5.91 Å². The number of rotatable bonds is 9. The first-order valence-corrected chi connectivity index (χ1v) is 12.4. The van der Waals surface area contributed by atoms with Crippen LogP contribution in [0.3, 0.4) is 0 Å². The van der Waals surface area contributed by atoms with E-state index < -0.39 is 10.0 Å². The molecule has 0 aliphatic rings. The van der Waals surface area contributed by atoms with E-state index in [-0.39, 0.29) is 17.3 Å². The molecule has 3 aromatic carbocycles. The number of nitrogens with zero attached hydrogens (tertiary/aromatic N) is 1. The van der Waals surface area contributed by atoms with Crippen molar-refractivity contribution in [2.75, 3.05) is 6.54 Å². The Morgan fingerprint density at radius 1 is 0.794 bits per heavy atom. The van der Waals surface area contributed by atoms with Crippen LogP contribution in [0.5, 0.6) is 0 Å². The summed E-state index contributed by atoms with van der Waals surface area (Å²) in [6.07, 6.45) is 2.31. The molecule has 4 rings (SSSR count). The molecule has 0 fully saturated rings. The first kappa shape index (κ1) is 23.4. The average molecular weight is 472 g/mol. The number of amides is 1. The lowest BCUT2D eigenvalue weighted by Crippen LogP contribution is -2.29. The van der Waals surface area contributed by atoms with E-state index in [0.29, 0.717) is 24.1 Å². The number of hydrogen-bond donors (Lipinski definition) is 2. The third-order valence-corrected chi connectivity index (χ3v) is 6.78. The number of hydrogen-bond acceptors (Lipinski definition) is 4. The van der Waals surface area contributed by atoms with Crippen molar-refractivity contribution in [2.24, 2.45) is 0 Å². The van der Waals surface area contributed by atoms with Crippen LogP contribution in [-0.2, 0) is 23.0 Å². The lowest BCUT2D eigenvalue weighted by atomic mass is 9.94. The SMILES string of the molecule is O=C(NCCc1ccccn1)c1c(CNS(=O)(=O)c2ccccc2)cccc1-c1ccccc1. The van der Waals surface area contributed by atoms with E-state index in [1.165, 1.54) is 12.1 Å². The maximum atomic E-state index is 13.3. The van der Waals surface area contributed by atoms with Crippen LogP contribution in [0.2, 0.25) is 0 Å².